The van der Waals surface area contributed by atoms with Crippen LogP contribution >= 0.6 is 11.3 Å². The van der Waals surface area contributed by atoms with Crippen LogP contribution in [0.2, 0.25) is 0 Å². The summed E-state index contributed by atoms with van der Waals surface area (Å²) in [4.78, 5) is 0.636. The van der Waals surface area contributed by atoms with Crippen LogP contribution in [-0.2, 0) is 11.3 Å². The molecule has 0 aliphatic carbocycles. The van der Waals surface area contributed by atoms with E-state index in [-0.39, 0.29) is 0 Å². The Morgan fingerprint density at radius 3 is 3.07 bits per heavy atom. The molecule has 2 heterocycles. The van der Waals surface area contributed by atoms with E-state index in [1.807, 2.05) is 9.95 Å². The van der Waals surface area contributed by atoms with Gasteiger partial charge in [-0.1, -0.05) is 0 Å². The van der Waals surface area contributed by atoms with E-state index in [4.69, 9.17) is 10.1 Å². The second kappa shape index (κ2) is 4.28. The van der Waals surface area contributed by atoms with E-state index in [1.165, 1.54) is 29.9 Å². The van der Waals surface area contributed by atoms with Crippen LogP contribution in [0.1, 0.15) is 25.0 Å². The standard InChI is InChI=1S/C10H16N2OS/c1-8-7-14-10(11)12(8)6-9-4-2-3-5-13-9/h7,9,11H,2-6H2,1H3. The number of hydrogen-bond donors (Lipinski definition) is 1. The van der Waals surface area contributed by atoms with Crippen molar-refractivity contribution >= 4 is 11.3 Å². The lowest BCUT2D eigenvalue weighted by Gasteiger charge is -2.23. The molecule has 3 nitrogen and oxygen atoms in total. The van der Waals surface area contributed by atoms with E-state index >= 15 is 0 Å². The van der Waals surface area contributed by atoms with Crippen LogP contribution in [0, 0.1) is 12.3 Å². The van der Waals surface area contributed by atoms with Gasteiger partial charge in [0.1, 0.15) is 0 Å². The largest absolute Gasteiger partial charge is 0.376 e. The third kappa shape index (κ3) is 2.07. The highest BCUT2D eigenvalue weighted by atomic mass is 32.1. The van der Waals surface area contributed by atoms with Crippen molar-refractivity contribution in [1.82, 2.24) is 4.57 Å². The molecule has 1 saturated heterocycles. The zero-order valence-corrected chi connectivity index (χ0v) is 9.27. The Morgan fingerprint density at radius 1 is 1.64 bits per heavy atom. The minimum atomic E-state index is 0.325. The van der Waals surface area contributed by atoms with Crippen molar-refractivity contribution < 1.29 is 4.74 Å². The number of hydrogen-bond acceptors (Lipinski definition) is 3. The van der Waals surface area contributed by atoms with Crippen molar-refractivity contribution in [2.75, 3.05) is 6.61 Å². The summed E-state index contributed by atoms with van der Waals surface area (Å²) in [5, 5.41) is 9.77. The quantitative estimate of drug-likeness (QED) is 0.799. The highest BCUT2D eigenvalue weighted by Gasteiger charge is 2.15. The molecule has 14 heavy (non-hydrogen) atoms. The maximum Gasteiger partial charge on any atom is 0.182 e. The highest BCUT2D eigenvalue weighted by Crippen LogP contribution is 2.14. The summed E-state index contributed by atoms with van der Waals surface area (Å²) in [6, 6.07) is 0. The topological polar surface area (TPSA) is 38.0 Å². The van der Waals surface area contributed by atoms with E-state index < -0.39 is 0 Å². The highest BCUT2D eigenvalue weighted by molar-refractivity contribution is 7.07. The van der Waals surface area contributed by atoms with Crippen LogP contribution in [0.3, 0.4) is 0 Å². The monoisotopic (exact) mass is 212 g/mol. The second-order valence-corrected chi connectivity index (χ2v) is 4.64. The Bertz CT molecular complexity index is 349. The van der Waals surface area contributed by atoms with Crippen molar-refractivity contribution in [3.05, 3.63) is 15.9 Å². The molecule has 0 amide bonds. The Hall–Kier alpha value is -0.610. The lowest BCUT2D eigenvalue weighted by Crippen LogP contribution is -2.28. The Morgan fingerprint density at radius 2 is 2.50 bits per heavy atom. The van der Waals surface area contributed by atoms with Crippen LogP contribution in [0.4, 0.5) is 0 Å². The predicted octanol–water partition coefficient (Wildman–Crippen LogP) is 1.91. The predicted molar refractivity (Wildman–Crippen MR) is 56.5 cm³/mol. The van der Waals surface area contributed by atoms with Gasteiger partial charge < -0.3 is 9.30 Å². The Kier molecular flexibility index (Phi) is 3.03. The zero-order valence-electron chi connectivity index (χ0n) is 8.45. The molecule has 1 N–H and O–H groups in total. The summed E-state index contributed by atoms with van der Waals surface area (Å²) in [5.41, 5.74) is 1.18. The molecule has 4 heteroatoms. The first kappa shape index (κ1) is 9.93. The lowest BCUT2D eigenvalue weighted by atomic mass is 10.1. The van der Waals surface area contributed by atoms with Gasteiger partial charge in [0.15, 0.2) is 4.80 Å². The molecule has 1 aliphatic rings. The molecule has 0 spiro atoms. The van der Waals surface area contributed by atoms with Gasteiger partial charge in [-0.15, -0.1) is 11.3 Å². The summed E-state index contributed by atoms with van der Waals surface area (Å²) < 4.78 is 7.70. The molecule has 2 rings (SSSR count). The van der Waals surface area contributed by atoms with Crippen LogP contribution < -0.4 is 4.80 Å². The van der Waals surface area contributed by atoms with Gasteiger partial charge in [-0.25, -0.2) is 0 Å². The summed E-state index contributed by atoms with van der Waals surface area (Å²) >= 11 is 1.49. The van der Waals surface area contributed by atoms with Gasteiger partial charge in [0.05, 0.1) is 12.6 Å². The molecule has 1 fully saturated rings. The number of ether oxygens (including phenoxy) is 1. The fourth-order valence-corrected chi connectivity index (χ4v) is 2.57. The van der Waals surface area contributed by atoms with Crippen molar-refractivity contribution in [2.45, 2.75) is 38.8 Å². The number of nitrogens with zero attached hydrogens (tertiary/aromatic N) is 1. The molecule has 0 bridgehead atoms. The van der Waals surface area contributed by atoms with E-state index in [1.54, 1.807) is 0 Å². The zero-order chi connectivity index (χ0) is 9.97. The van der Waals surface area contributed by atoms with Gasteiger partial charge in [0.2, 0.25) is 0 Å². The number of nitrogens with one attached hydrogen (secondary N) is 1. The first-order valence-corrected chi connectivity index (χ1v) is 5.96. The minimum absolute atomic E-state index is 0.325. The SMILES string of the molecule is Cc1csc(=N)n1CC1CCCCO1. The average molecular weight is 212 g/mol. The van der Waals surface area contributed by atoms with Crippen molar-refractivity contribution in [1.29, 1.82) is 5.41 Å². The third-order valence-corrected chi connectivity index (χ3v) is 3.57. The summed E-state index contributed by atoms with van der Waals surface area (Å²) in [7, 11) is 0. The molecule has 1 aromatic heterocycles. The van der Waals surface area contributed by atoms with E-state index in [0.717, 1.165) is 19.6 Å². The second-order valence-electron chi connectivity index (χ2n) is 3.78. The number of rotatable bonds is 2. The normalized spacial score (nSPS) is 22.5. The van der Waals surface area contributed by atoms with Gasteiger partial charge in [-0.2, -0.15) is 0 Å². The summed E-state index contributed by atoms with van der Waals surface area (Å²) in [6.45, 7) is 3.80. The average Bonchev–Trinajstić information content (AvgIpc) is 2.51. The maximum atomic E-state index is 7.74. The van der Waals surface area contributed by atoms with Crippen molar-refractivity contribution in [3.8, 4) is 0 Å². The van der Waals surface area contributed by atoms with E-state index in [2.05, 4.69) is 6.92 Å². The fraction of sp³-hybridized carbons (Fsp3) is 0.700. The Balaban J connectivity index is 2.06. The van der Waals surface area contributed by atoms with Gasteiger partial charge >= 0.3 is 0 Å². The summed E-state index contributed by atoms with van der Waals surface area (Å²) in [5.74, 6) is 0. The Labute approximate surface area is 87.8 Å². The van der Waals surface area contributed by atoms with Crippen LogP contribution in [-0.4, -0.2) is 17.3 Å². The lowest BCUT2D eigenvalue weighted by molar-refractivity contribution is 0.00520. The molecule has 1 aliphatic heterocycles. The van der Waals surface area contributed by atoms with Gasteiger partial charge in [0, 0.05) is 17.7 Å². The number of thiazole rings is 1. The van der Waals surface area contributed by atoms with Crippen LogP contribution in [0.25, 0.3) is 0 Å². The van der Waals surface area contributed by atoms with Crippen LogP contribution in [0.15, 0.2) is 5.38 Å². The molecular formula is C10H16N2OS. The molecule has 78 valence electrons. The molecule has 0 aromatic carbocycles. The van der Waals surface area contributed by atoms with Crippen LogP contribution in [0.5, 0.6) is 0 Å². The van der Waals surface area contributed by atoms with E-state index in [9.17, 15) is 0 Å². The van der Waals surface area contributed by atoms with Gasteiger partial charge in [-0.3, -0.25) is 5.41 Å². The van der Waals surface area contributed by atoms with E-state index in [0.29, 0.717) is 10.9 Å². The minimum Gasteiger partial charge on any atom is -0.376 e. The third-order valence-electron chi connectivity index (χ3n) is 2.67. The van der Waals surface area contributed by atoms with Gasteiger partial charge in [-0.05, 0) is 26.2 Å². The fourth-order valence-electron chi connectivity index (χ4n) is 1.81. The molecule has 0 saturated carbocycles. The summed E-state index contributed by atoms with van der Waals surface area (Å²) in [6.07, 6.45) is 3.92. The van der Waals surface area contributed by atoms with Crippen molar-refractivity contribution in [3.63, 3.8) is 0 Å². The molecule has 1 aromatic rings. The molecule has 0 radical (unpaired) electrons. The molecule has 1 atom stereocenters. The van der Waals surface area contributed by atoms with Crippen molar-refractivity contribution in [2.24, 2.45) is 0 Å². The first-order valence-electron chi connectivity index (χ1n) is 5.08. The van der Waals surface area contributed by atoms with Gasteiger partial charge in [0.25, 0.3) is 0 Å². The smallest absolute Gasteiger partial charge is 0.182 e. The number of aryl methyl sites for hydroxylation is 1. The molecular weight excluding hydrogens is 196 g/mol. The molecule has 1 unspecified atom stereocenters. The first-order chi connectivity index (χ1) is 6.77. The number of aromatic nitrogens is 1. The maximum absolute atomic E-state index is 7.74.